The van der Waals surface area contributed by atoms with Crippen LogP contribution in [0.2, 0.25) is 5.02 Å². The second-order valence-electron chi connectivity index (χ2n) is 3.59. The van der Waals surface area contributed by atoms with Crippen LogP contribution in [0.25, 0.3) is 0 Å². The van der Waals surface area contributed by atoms with Crippen LogP contribution in [0.15, 0.2) is 45.9 Å². The molecule has 17 heavy (non-hydrogen) atoms. The Morgan fingerprint density at radius 2 is 1.94 bits per heavy atom. The van der Waals surface area contributed by atoms with Gasteiger partial charge in [0, 0.05) is 17.7 Å². The van der Waals surface area contributed by atoms with E-state index in [0.29, 0.717) is 5.76 Å². The first-order chi connectivity index (χ1) is 8.15. The lowest BCUT2D eigenvalue weighted by atomic mass is 10.2. The molecule has 2 nitrogen and oxygen atoms in total. The summed E-state index contributed by atoms with van der Waals surface area (Å²) in [5.74, 6) is 1.15. The molecule has 0 radical (unpaired) electrons. The topological polar surface area (TPSA) is 30.2 Å². The largest absolute Gasteiger partial charge is 0.447 e. The van der Waals surface area contributed by atoms with Crippen LogP contribution < -0.4 is 0 Å². The fourth-order valence-corrected chi connectivity index (χ4v) is 2.26. The Kier molecular flexibility index (Phi) is 3.92. The zero-order chi connectivity index (χ0) is 12.3. The quantitative estimate of drug-likeness (QED) is 0.606. The van der Waals surface area contributed by atoms with Gasteiger partial charge in [0.25, 0.3) is 0 Å². The predicted octanol–water partition coefficient (Wildman–Crippen LogP) is 4.43. The van der Waals surface area contributed by atoms with Crippen molar-refractivity contribution in [2.24, 2.45) is 0 Å². The van der Waals surface area contributed by atoms with Crippen molar-refractivity contribution in [2.45, 2.75) is 17.8 Å². The second-order valence-corrected chi connectivity index (χ2v) is 5.01. The van der Waals surface area contributed by atoms with E-state index in [9.17, 15) is 4.79 Å². The highest BCUT2D eigenvalue weighted by Crippen LogP contribution is 2.25. The minimum atomic E-state index is -0.0525. The smallest absolute Gasteiger partial charge is 0.194 e. The molecule has 0 aliphatic rings. The highest BCUT2D eigenvalue weighted by Gasteiger charge is 2.06. The fraction of sp³-hybridized carbons (Fsp3) is 0.154. The summed E-state index contributed by atoms with van der Waals surface area (Å²) in [6.45, 7) is 1.49. The van der Waals surface area contributed by atoms with Gasteiger partial charge in [-0.2, -0.15) is 0 Å². The van der Waals surface area contributed by atoms with Crippen LogP contribution in [-0.2, 0) is 5.75 Å². The van der Waals surface area contributed by atoms with Crippen molar-refractivity contribution >= 4 is 29.1 Å². The average Bonchev–Trinajstić information content (AvgIpc) is 2.77. The van der Waals surface area contributed by atoms with Crippen molar-refractivity contribution in [3.8, 4) is 0 Å². The molecule has 0 saturated heterocycles. The van der Waals surface area contributed by atoms with Crippen LogP contribution in [0.5, 0.6) is 0 Å². The van der Waals surface area contributed by atoms with Gasteiger partial charge in [-0.25, -0.2) is 0 Å². The lowest BCUT2D eigenvalue weighted by molar-refractivity contribution is 0.0982. The maximum Gasteiger partial charge on any atom is 0.194 e. The third-order valence-corrected chi connectivity index (χ3v) is 3.46. The third kappa shape index (κ3) is 3.38. The summed E-state index contributed by atoms with van der Waals surface area (Å²) in [5.41, 5.74) is 1.17. The van der Waals surface area contributed by atoms with Gasteiger partial charge in [0.2, 0.25) is 0 Å². The first-order valence-electron chi connectivity index (χ1n) is 5.13. The summed E-state index contributed by atoms with van der Waals surface area (Å²) < 4.78 is 5.38. The molecule has 1 aromatic carbocycles. The molecule has 0 atom stereocenters. The molecule has 0 bridgehead atoms. The third-order valence-electron chi connectivity index (χ3n) is 2.22. The van der Waals surface area contributed by atoms with Gasteiger partial charge in [0.1, 0.15) is 0 Å². The normalized spacial score (nSPS) is 10.5. The Morgan fingerprint density at radius 1 is 1.24 bits per heavy atom. The Bertz CT molecular complexity index is 516. The molecule has 2 aromatic rings. The van der Waals surface area contributed by atoms with Crippen molar-refractivity contribution in [1.29, 1.82) is 0 Å². The summed E-state index contributed by atoms with van der Waals surface area (Å²) in [4.78, 5) is 11.1. The Morgan fingerprint density at radius 3 is 2.53 bits per heavy atom. The number of furan rings is 1. The first-order valence-corrected chi connectivity index (χ1v) is 6.49. The van der Waals surface area contributed by atoms with Crippen molar-refractivity contribution in [2.75, 3.05) is 0 Å². The van der Waals surface area contributed by atoms with Crippen LogP contribution in [0.3, 0.4) is 0 Å². The Hall–Kier alpha value is -1.19. The van der Waals surface area contributed by atoms with Gasteiger partial charge in [0.05, 0.1) is 0 Å². The molecule has 2 rings (SSSR count). The zero-order valence-electron chi connectivity index (χ0n) is 9.27. The molecule has 0 fully saturated rings. The average molecular weight is 267 g/mol. The van der Waals surface area contributed by atoms with Crippen molar-refractivity contribution in [3.63, 3.8) is 0 Å². The second kappa shape index (κ2) is 5.43. The van der Waals surface area contributed by atoms with E-state index < -0.39 is 0 Å². The van der Waals surface area contributed by atoms with E-state index in [1.165, 1.54) is 12.5 Å². The van der Waals surface area contributed by atoms with Crippen LogP contribution in [0.1, 0.15) is 23.0 Å². The summed E-state index contributed by atoms with van der Waals surface area (Å²) in [7, 11) is 0. The van der Waals surface area contributed by atoms with Crippen molar-refractivity contribution in [3.05, 3.63) is 52.7 Å². The maximum absolute atomic E-state index is 11.1. The van der Waals surface area contributed by atoms with E-state index in [2.05, 4.69) is 0 Å². The minimum absolute atomic E-state index is 0.0525. The number of halogens is 1. The predicted molar refractivity (Wildman–Crippen MR) is 69.7 cm³/mol. The van der Waals surface area contributed by atoms with Gasteiger partial charge in [0.15, 0.2) is 16.6 Å². The van der Waals surface area contributed by atoms with Gasteiger partial charge >= 0.3 is 0 Å². The number of hydrogen-bond donors (Lipinski definition) is 0. The summed E-state index contributed by atoms with van der Waals surface area (Å²) in [5, 5.41) is 1.49. The number of rotatable bonds is 4. The molecular weight excluding hydrogens is 256 g/mol. The number of benzene rings is 1. The molecule has 4 heteroatoms. The van der Waals surface area contributed by atoms with Gasteiger partial charge in [-0.1, -0.05) is 35.5 Å². The van der Waals surface area contributed by atoms with Gasteiger partial charge in [-0.3, -0.25) is 4.79 Å². The number of Topliss-reactive ketones (excluding diaryl/α,β-unsaturated/α-hetero) is 1. The molecule has 0 amide bonds. The molecule has 0 N–H and O–H groups in total. The van der Waals surface area contributed by atoms with E-state index in [-0.39, 0.29) is 5.78 Å². The number of thioether (sulfide) groups is 1. The molecule has 88 valence electrons. The minimum Gasteiger partial charge on any atom is -0.447 e. The highest BCUT2D eigenvalue weighted by molar-refractivity contribution is 7.98. The number of carbonyl (C=O) groups is 1. The van der Waals surface area contributed by atoms with E-state index in [1.807, 2.05) is 30.3 Å². The van der Waals surface area contributed by atoms with Crippen LogP contribution >= 0.6 is 23.4 Å². The molecule has 1 heterocycles. The van der Waals surface area contributed by atoms with Crippen LogP contribution in [0.4, 0.5) is 0 Å². The van der Waals surface area contributed by atoms with E-state index in [1.54, 1.807) is 17.8 Å². The van der Waals surface area contributed by atoms with E-state index in [0.717, 1.165) is 15.9 Å². The van der Waals surface area contributed by atoms with Crippen molar-refractivity contribution in [1.82, 2.24) is 0 Å². The standard InChI is InChI=1S/C13H11ClO2S/c1-9(15)12-6-7-13(16-12)17-8-10-2-4-11(14)5-3-10/h2-7H,8H2,1H3. The lowest BCUT2D eigenvalue weighted by Gasteiger charge is -1.99. The maximum atomic E-state index is 11.1. The molecule has 0 aliphatic heterocycles. The molecule has 1 aromatic heterocycles. The van der Waals surface area contributed by atoms with Gasteiger partial charge < -0.3 is 4.42 Å². The van der Waals surface area contributed by atoms with Gasteiger partial charge in [-0.05, 0) is 29.8 Å². The lowest BCUT2D eigenvalue weighted by Crippen LogP contribution is -1.85. The van der Waals surface area contributed by atoms with Crippen molar-refractivity contribution < 1.29 is 9.21 Å². The molecule has 0 saturated carbocycles. The zero-order valence-corrected chi connectivity index (χ0v) is 10.8. The first kappa shape index (κ1) is 12.3. The molecule has 0 unspecified atom stereocenters. The molecule has 0 aliphatic carbocycles. The Labute approximate surface area is 109 Å². The molecule has 0 spiro atoms. The van der Waals surface area contributed by atoms with Gasteiger partial charge in [-0.15, -0.1) is 0 Å². The molecular formula is C13H11ClO2S. The monoisotopic (exact) mass is 266 g/mol. The Balaban J connectivity index is 1.97. The number of hydrogen-bond acceptors (Lipinski definition) is 3. The van der Waals surface area contributed by atoms with Crippen LogP contribution in [0, 0.1) is 0 Å². The summed E-state index contributed by atoms with van der Waals surface area (Å²) >= 11 is 7.36. The van der Waals surface area contributed by atoms with Crippen LogP contribution in [-0.4, -0.2) is 5.78 Å². The number of carbonyl (C=O) groups excluding carboxylic acids is 1. The SMILES string of the molecule is CC(=O)c1ccc(SCc2ccc(Cl)cc2)o1. The fourth-order valence-electron chi connectivity index (χ4n) is 1.32. The van der Waals surface area contributed by atoms with E-state index >= 15 is 0 Å². The number of ketones is 1. The summed E-state index contributed by atoms with van der Waals surface area (Å²) in [6, 6.07) is 11.2. The highest BCUT2D eigenvalue weighted by atomic mass is 35.5. The van der Waals surface area contributed by atoms with E-state index in [4.69, 9.17) is 16.0 Å². The summed E-state index contributed by atoms with van der Waals surface area (Å²) in [6.07, 6.45) is 0.